The number of benzene rings is 2. The number of hydrogen-bond donors (Lipinski definition) is 1. The maximum absolute atomic E-state index is 12.9. The number of hydrogen-bond acceptors (Lipinski definition) is 5. The Labute approximate surface area is 171 Å². The van der Waals surface area contributed by atoms with Crippen LogP contribution >= 0.6 is 0 Å². The quantitative estimate of drug-likeness (QED) is 0.800. The van der Waals surface area contributed by atoms with E-state index < -0.39 is 6.04 Å². The lowest BCUT2D eigenvalue weighted by atomic mass is 10.1. The smallest absolute Gasteiger partial charge is 0.257 e. The third-order valence-electron chi connectivity index (χ3n) is 5.13. The number of piperazine rings is 1. The first-order chi connectivity index (χ1) is 14.0. The van der Waals surface area contributed by atoms with E-state index in [1.807, 2.05) is 30.3 Å². The average molecular weight is 397 g/mol. The molecule has 2 aromatic rings. The van der Waals surface area contributed by atoms with E-state index in [1.165, 1.54) is 7.11 Å². The first-order valence-corrected chi connectivity index (χ1v) is 9.63. The number of ether oxygens (including phenoxy) is 2. The molecule has 1 aliphatic rings. The molecule has 0 bridgehead atoms. The van der Waals surface area contributed by atoms with Crippen molar-refractivity contribution in [2.24, 2.45) is 5.73 Å². The SMILES string of the molecule is COc1ccc(C(=O)N2CCN(C(=O)[C@@H](N)Cc3ccccc3)CC2)c(OC)c1. The van der Waals surface area contributed by atoms with Crippen LogP contribution in [0.4, 0.5) is 0 Å². The summed E-state index contributed by atoms with van der Waals surface area (Å²) in [5.74, 6) is 0.895. The highest BCUT2D eigenvalue weighted by molar-refractivity contribution is 5.97. The van der Waals surface area contributed by atoms with Gasteiger partial charge in [0.2, 0.25) is 5.91 Å². The van der Waals surface area contributed by atoms with Gasteiger partial charge in [-0.15, -0.1) is 0 Å². The third-order valence-corrected chi connectivity index (χ3v) is 5.13. The van der Waals surface area contributed by atoms with Gasteiger partial charge in [-0.05, 0) is 24.1 Å². The Balaban J connectivity index is 1.58. The number of methoxy groups -OCH3 is 2. The first kappa shape index (κ1) is 20.7. The Morgan fingerprint density at radius 3 is 2.24 bits per heavy atom. The fourth-order valence-corrected chi connectivity index (χ4v) is 3.47. The van der Waals surface area contributed by atoms with Gasteiger partial charge in [0.25, 0.3) is 5.91 Å². The maximum Gasteiger partial charge on any atom is 0.257 e. The molecule has 2 N–H and O–H groups in total. The Morgan fingerprint density at radius 1 is 0.966 bits per heavy atom. The van der Waals surface area contributed by atoms with Gasteiger partial charge in [-0.2, -0.15) is 0 Å². The van der Waals surface area contributed by atoms with Crippen LogP contribution < -0.4 is 15.2 Å². The van der Waals surface area contributed by atoms with Crippen LogP contribution in [-0.2, 0) is 11.2 Å². The molecule has 1 atom stereocenters. The second-order valence-electron chi connectivity index (χ2n) is 6.98. The summed E-state index contributed by atoms with van der Waals surface area (Å²) in [5, 5.41) is 0. The van der Waals surface area contributed by atoms with Crippen molar-refractivity contribution in [3.05, 3.63) is 59.7 Å². The summed E-state index contributed by atoms with van der Waals surface area (Å²) in [4.78, 5) is 29.1. The average Bonchev–Trinajstić information content (AvgIpc) is 2.78. The van der Waals surface area contributed by atoms with Crippen LogP contribution in [0.1, 0.15) is 15.9 Å². The summed E-state index contributed by atoms with van der Waals surface area (Å²) in [7, 11) is 3.09. The van der Waals surface area contributed by atoms with E-state index in [2.05, 4.69) is 0 Å². The fourth-order valence-electron chi connectivity index (χ4n) is 3.47. The molecule has 3 rings (SSSR count). The van der Waals surface area contributed by atoms with Gasteiger partial charge in [-0.3, -0.25) is 9.59 Å². The molecule has 7 nitrogen and oxygen atoms in total. The number of nitrogens with zero attached hydrogens (tertiary/aromatic N) is 2. The van der Waals surface area contributed by atoms with Crippen molar-refractivity contribution in [1.82, 2.24) is 9.80 Å². The van der Waals surface area contributed by atoms with Crippen LogP contribution in [0.15, 0.2) is 48.5 Å². The summed E-state index contributed by atoms with van der Waals surface area (Å²) < 4.78 is 10.5. The van der Waals surface area contributed by atoms with Crippen LogP contribution in [0.3, 0.4) is 0 Å². The normalized spacial score (nSPS) is 15.0. The Kier molecular flexibility index (Phi) is 6.72. The van der Waals surface area contributed by atoms with Gasteiger partial charge < -0.3 is 25.0 Å². The zero-order valence-electron chi connectivity index (χ0n) is 16.8. The van der Waals surface area contributed by atoms with Crippen molar-refractivity contribution in [2.75, 3.05) is 40.4 Å². The third kappa shape index (κ3) is 4.86. The van der Waals surface area contributed by atoms with Gasteiger partial charge in [0.05, 0.1) is 25.8 Å². The van der Waals surface area contributed by atoms with Crippen LogP contribution in [0.2, 0.25) is 0 Å². The minimum Gasteiger partial charge on any atom is -0.497 e. The Bertz CT molecular complexity index is 848. The zero-order valence-corrected chi connectivity index (χ0v) is 16.8. The molecule has 1 aliphatic heterocycles. The Hall–Kier alpha value is -3.06. The molecule has 29 heavy (non-hydrogen) atoms. The molecule has 0 aromatic heterocycles. The Morgan fingerprint density at radius 2 is 1.62 bits per heavy atom. The van der Waals surface area contributed by atoms with Crippen molar-refractivity contribution in [1.29, 1.82) is 0 Å². The van der Waals surface area contributed by atoms with Gasteiger partial charge in [-0.25, -0.2) is 0 Å². The molecule has 1 saturated heterocycles. The molecule has 0 unspecified atom stereocenters. The molecule has 0 aliphatic carbocycles. The van der Waals surface area contributed by atoms with Crippen LogP contribution in [0.25, 0.3) is 0 Å². The zero-order chi connectivity index (χ0) is 20.8. The molecular weight excluding hydrogens is 370 g/mol. The van der Waals surface area contributed by atoms with Gasteiger partial charge in [0.15, 0.2) is 0 Å². The fraction of sp³-hybridized carbons (Fsp3) is 0.364. The van der Waals surface area contributed by atoms with E-state index >= 15 is 0 Å². The van der Waals surface area contributed by atoms with Crippen LogP contribution in [-0.4, -0.2) is 68.1 Å². The second-order valence-corrected chi connectivity index (χ2v) is 6.98. The highest BCUT2D eigenvalue weighted by Gasteiger charge is 2.28. The minimum absolute atomic E-state index is 0.0806. The number of rotatable bonds is 6. The predicted molar refractivity (Wildman–Crippen MR) is 110 cm³/mol. The summed E-state index contributed by atoms with van der Waals surface area (Å²) in [6, 6.07) is 14.3. The summed E-state index contributed by atoms with van der Waals surface area (Å²) in [6.45, 7) is 1.84. The van der Waals surface area contributed by atoms with Crippen molar-refractivity contribution in [3.63, 3.8) is 0 Å². The lowest BCUT2D eigenvalue weighted by molar-refractivity contribution is -0.134. The van der Waals surface area contributed by atoms with Crippen molar-refractivity contribution < 1.29 is 19.1 Å². The van der Waals surface area contributed by atoms with E-state index in [0.29, 0.717) is 49.7 Å². The van der Waals surface area contributed by atoms with E-state index in [1.54, 1.807) is 35.1 Å². The number of carbonyl (C=O) groups excluding carboxylic acids is 2. The highest BCUT2D eigenvalue weighted by Crippen LogP contribution is 2.26. The molecule has 0 saturated carbocycles. The second kappa shape index (κ2) is 9.43. The van der Waals surface area contributed by atoms with Gasteiger partial charge >= 0.3 is 0 Å². The number of carbonyl (C=O) groups is 2. The van der Waals surface area contributed by atoms with Gasteiger partial charge in [-0.1, -0.05) is 30.3 Å². The lowest BCUT2D eigenvalue weighted by Gasteiger charge is -2.36. The molecule has 0 spiro atoms. The van der Waals surface area contributed by atoms with E-state index in [9.17, 15) is 9.59 Å². The molecule has 1 fully saturated rings. The van der Waals surface area contributed by atoms with Crippen LogP contribution in [0.5, 0.6) is 11.5 Å². The lowest BCUT2D eigenvalue weighted by Crippen LogP contribution is -2.54. The van der Waals surface area contributed by atoms with Crippen LogP contribution in [0, 0.1) is 0 Å². The van der Waals surface area contributed by atoms with Crippen molar-refractivity contribution in [2.45, 2.75) is 12.5 Å². The molecule has 1 heterocycles. The van der Waals surface area contributed by atoms with E-state index in [4.69, 9.17) is 15.2 Å². The topological polar surface area (TPSA) is 85.1 Å². The summed E-state index contributed by atoms with van der Waals surface area (Å²) in [5.41, 5.74) is 7.65. The van der Waals surface area contributed by atoms with Gasteiger partial charge in [0.1, 0.15) is 11.5 Å². The number of nitrogens with two attached hydrogens (primary N) is 1. The summed E-state index contributed by atoms with van der Waals surface area (Å²) in [6.07, 6.45) is 0.502. The highest BCUT2D eigenvalue weighted by atomic mass is 16.5. The molecule has 0 radical (unpaired) electrons. The molecule has 7 heteroatoms. The molecular formula is C22H27N3O4. The van der Waals surface area contributed by atoms with E-state index in [-0.39, 0.29) is 11.8 Å². The number of amides is 2. The maximum atomic E-state index is 12.9. The monoisotopic (exact) mass is 397 g/mol. The largest absolute Gasteiger partial charge is 0.497 e. The predicted octanol–water partition coefficient (Wildman–Crippen LogP) is 1.56. The molecule has 2 amide bonds. The van der Waals surface area contributed by atoms with Gasteiger partial charge in [0, 0.05) is 32.2 Å². The molecule has 154 valence electrons. The first-order valence-electron chi connectivity index (χ1n) is 9.63. The van der Waals surface area contributed by atoms with Crippen molar-refractivity contribution in [3.8, 4) is 11.5 Å². The molecule has 2 aromatic carbocycles. The minimum atomic E-state index is -0.582. The summed E-state index contributed by atoms with van der Waals surface area (Å²) >= 11 is 0. The van der Waals surface area contributed by atoms with Crippen molar-refractivity contribution >= 4 is 11.8 Å². The van der Waals surface area contributed by atoms with E-state index in [0.717, 1.165) is 5.56 Å². The standard InChI is InChI=1S/C22H27N3O4/c1-28-17-8-9-18(20(15-17)29-2)21(26)24-10-12-25(13-11-24)22(27)19(23)14-16-6-4-3-5-7-16/h3-9,15,19H,10-14,23H2,1-2H3/t19-/m0/s1.